The molecule has 0 unspecified atom stereocenters. The van der Waals surface area contributed by atoms with Gasteiger partial charge >= 0.3 is 6.01 Å². The van der Waals surface area contributed by atoms with Crippen LogP contribution in [0.4, 0.5) is 11.7 Å². The predicted molar refractivity (Wildman–Crippen MR) is 139 cm³/mol. The number of hydrogen-bond acceptors (Lipinski definition) is 9. The lowest BCUT2D eigenvalue weighted by molar-refractivity contribution is 0.0697. The summed E-state index contributed by atoms with van der Waals surface area (Å²) in [5.41, 5.74) is 2.02. The molecule has 2 N–H and O–H groups in total. The van der Waals surface area contributed by atoms with Crippen molar-refractivity contribution in [2.75, 3.05) is 36.5 Å². The Hall–Kier alpha value is -3.99. The van der Waals surface area contributed by atoms with Crippen LogP contribution in [-0.2, 0) is 11.2 Å². The molecule has 11 nitrogen and oxygen atoms in total. The molecule has 0 aliphatic carbocycles. The van der Waals surface area contributed by atoms with Gasteiger partial charge in [-0.1, -0.05) is 13.0 Å². The van der Waals surface area contributed by atoms with Crippen molar-refractivity contribution < 1.29 is 23.5 Å². The first-order valence-electron chi connectivity index (χ1n) is 13.1. The SMILES string of the molecule is CCc1ccc(C(=O)NC2CCOCC2)c(NC(=O)c2coc(N3CCC(Oc4ncccn4)CC3)n2)c1. The summed E-state index contributed by atoms with van der Waals surface area (Å²) in [7, 11) is 0. The Bertz CT molecular complexity index is 1240. The van der Waals surface area contributed by atoms with Crippen molar-refractivity contribution in [2.24, 2.45) is 0 Å². The van der Waals surface area contributed by atoms with Crippen LogP contribution in [0.5, 0.6) is 6.01 Å². The minimum Gasteiger partial charge on any atom is -0.460 e. The molecule has 2 fully saturated rings. The van der Waals surface area contributed by atoms with Crippen molar-refractivity contribution in [1.82, 2.24) is 20.3 Å². The molecule has 0 saturated carbocycles. The summed E-state index contributed by atoms with van der Waals surface area (Å²) in [6.07, 6.45) is 8.45. The van der Waals surface area contributed by atoms with Crippen LogP contribution in [0.1, 0.15) is 59.0 Å². The highest BCUT2D eigenvalue weighted by atomic mass is 16.5. The lowest BCUT2D eigenvalue weighted by Crippen LogP contribution is -2.39. The molecule has 2 aliphatic heterocycles. The molecule has 0 radical (unpaired) electrons. The van der Waals surface area contributed by atoms with Gasteiger partial charge < -0.3 is 29.4 Å². The summed E-state index contributed by atoms with van der Waals surface area (Å²) < 4.78 is 16.9. The number of hydrogen-bond donors (Lipinski definition) is 2. The van der Waals surface area contributed by atoms with E-state index in [0.717, 1.165) is 37.7 Å². The van der Waals surface area contributed by atoms with Crippen molar-refractivity contribution in [2.45, 2.75) is 51.2 Å². The molecule has 2 aliphatic rings. The van der Waals surface area contributed by atoms with Crippen molar-refractivity contribution in [3.8, 4) is 6.01 Å². The summed E-state index contributed by atoms with van der Waals surface area (Å²) in [5, 5.41) is 5.93. The molecule has 5 rings (SSSR count). The molecule has 3 aromatic rings. The third-order valence-electron chi connectivity index (χ3n) is 6.79. The topological polar surface area (TPSA) is 132 Å². The van der Waals surface area contributed by atoms with Crippen LogP contribution in [0.3, 0.4) is 0 Å². The number of carbonyl (C=O) groups is 2. The highest BCUT2D eigenvalue weighted by Gasteiger charge is 2.26. The van der Waals surface area contributed by atoms with Gasteiger partial charge in [0.2, 0.25) is 0 Å². The monoisotopic (exact) mass is 520 g/mol. The third kappa shape index (κ3) is 6.28. The van der Waals surface area contributed by atoms with Crippen LogP contribution in [0.25, 0.3) is 0 Å². The second kappa shape index (κ2) is 12.0. The number of carbonyl (C=O) groups excluding carboxylic acids is 2. The molecule has 0 spiro atoms. The van der Waals surface area contributed by atoms with Gasteiger partial charge in [-0.3, -0.25) is 9.59 Å². The Morgan fingerprint density at radius 1 is 1.08 bits per heavy atom. The highest BCUT2D eigenvalue weighted by molar-refractivity contribution is 6.08. The average molecular weight is 521 g/mol. The quantitative estimate of drug-likeness (QED) is 0.459. The summed E-state index contributed by atoms with van der Waals surface area (Å²) in [4.78, 5) is 40.8. The number of nitrogens with zero attached hydrogens (tertiary/aromatic N) is 4. The number of aromatic nitrogens is 3. The zero-order valence-corrected chi connectivity index (χ0v) is 21.4. The van der Waals surface area contributed by atoms with E-state index in [-0.39, 0.29) is 23.7 Å². The summed E-state index contributed by atoms with van der Waals surface area (Å²) in [5.74, 6) is -0.658. The minimum absolute atomic E-state index is 0.00271. The second-order valence-corrected chi connectivity index (χ2v) is 9.40. The molecule has 38 heavy (non-hydrogen) atoms. The van der Waals surface area contributed by atoms with E-state index in [2.05, 4.69) is 25.6 Å². The first-order chi connectivity index (χ1) is 18.6. The van der Waals surface area contributed by atoms with E-state index in [1.165, 1.54) is 6.26 Å². The normalized spacial score (nSPS) is 16.7. The number of piperidine rings is 1. The van der Waals surface area contributed by atoms with Crippen molar-refractivity contribution >= 4 is 23.5 Å². The van der Waals surface area contributed by atoms with E-state index in [4.69, 9.17) is 13.9 Å². The molecule has 11 heteroatoms. The van der Waals surface area contributed by atoms with Crippen LogP contribution in [0.15, 0.2) is 47.3 Å². The maximum absolute atomic E-state index is 13.1. The van der Waals surface area contributed by atoms with Crippen LogP contribution in [0.2, 0.25) is 0 Å². The van der Waals surface area contributed by atoms with Gasteiger partial charge in [-0.2, -0.15) is 4.98 Å². The van der Waals surface area contributed by atoms with Crippen molar-refractivity contribution in [3.05, 3.63) is 59.7 Å². The van der Waals surface area contributed by atoms with E-state index in [0.29, 0.717) is 49.6 Å². The third-order valence-corrected chi connectivity index (χ3v) is 6.79. The van der Waals surface area contributed by atoms with Gasteiger partial charge in [0.25, 0.3) is 17.8 Å². The van der Waals surface area contributed by atoms with Gasteiger partial charge in [0.15, 0.2) is 5.69 Å². The van der Waals surface area contributed by atoms with E-state index >= 15 is 0 Å². The number of anilines is 2. The molecule has 1 aromatic carbocycles. The lowest BCUT2D eigenvalue weighted by Gasteiger charge is -2.30. The minimum atomic E-state index is -0.437. The molecule has 4 heterocycles. The Labute approximate surface area is 221 Å². The second-order valence-electron chi connectivity index (χ2n) is 9.40. The van der Waals surface area contributed by atoms with Gasteiger partial charge in [0.1, 0.15) is 12.4 Å². The Morgan fingerprint density at radius 2 is 1.84 bits per heavy atom. The molecule has 2 saturated heterocycles. The van der Waals surface area contributed by atoms with Crippen LogP contribution in [-0.4, -0.2) is 65.2 Å². The Morgan fingerprint density at radius 3 is 2.58 bits per heavy atom. The van der Waals surface area contributed by atoms with Crippen LogP contribution >= 0.6 is 0 Å². The Kier molecular flexibility index (Phi) is 8.12. The number of ether oxygens (including phenoxy) is 2. The maximum Gasteiger partial charge on any atom is 0.316 e. The van der Waals surface area contributed by atoms with Gasteiger partial charge in [0, 0.05) is 57.6 Å². The number of benzene rings is 1. The zero-order valence-electron chi connectivity index (χ0n) is 21.4. The molecule has 200 valence electrons. The van der Waals surface area contributed by atoms with Crippen molar-refractivity contribution in [1.29, 1.82) is 0 Å². The number of oxazole rings is 1. The maximum atomic E-state index is 13.1. The first-order valence-corrected chi connectivity index (χ1v) is 13.1. The van der Waals surface area contributed by atoms with Gasteiger partial charge in [-0.15, -0.1) is 0 Å². The van der Waals surface area contributed by atoms with Gasteiger partial charge in [-0.05, 0) is 43.0 Å². The molecule has 0 bridgehead atoms. The van der Waals surface area contributed by atoms with E-state index in [1.807, 2.05) is 24.0 Å². The number of nitrogens with one attached hydrogen (secondary N) is 2. The lowest BCUT2D eigenvalue weighted by atomic mass is 10.0. The van der Waals surface area contributed by atoms with Gasteiger partial charge in [-0.25, -0.2) is 9.97 Å². The highest BCUT2D eigenvalue weighted by Crippen LogP contribution is 2.24. The van der Waals surface area contributed by atoms with Gasteiger partial charge in [0.05, 0.1) is 11.3 Å². The first kappa shape index (κ1) is 25.7. The fourth-order valence-corrected chi connectivity index (χ4v) is 4.58. The fraction of sp³-hybridized carbons (Fsp3) is 0.444. The predicted octanol–water partition coefficient (Wildman–Crippen LogP) is 3.24. The molecule has 2 amide bonds. The van der Waals surface area contributed by atoms with E-state index in [9.17, 15) is 9.59 Å². The van der Waals surface area contributed by atoms with E-state index in [1.54, 1.807) is 24.5 Å². The van der Waals surface area contributed by atoms with Crippen molar-refractivity contribution in [3.63, 3.8) is 0 Å². The fourth-order valence-electron chi connectivity index (χ4n) is 4.58. The largest absolute Gasteiger partial charge is 0.460 e. The smallest absolute Gasteiger partial charge is 0.316 e. The zero-order chi connectivity index (χ0) is 26.3. The Balaban J connectivity index is 1.21. The number of aryl methyl sites for hydroxylation is 1. The number of rotatable bonds is 8. The van der Waals surface area contributed by atoms with E-state index < -0.39 is 5.91 Å². The van der Waals surface area contributed by atoms with Crippen LogP contribution < -0.4 is 20.3 Å². The summed E-state index contributed by atoms with van der Waals surface area (Å²) >= 11 is 0. The molecular formula is C27H32N6O5. The molecule has 2 aromatic heterocycles. The molecular weight excluding hydrogens is 488 g/mol. The summed E-state index contributed by atoms with van der Waals surface area (Å²) in [6, 6.07) is 8.04. The standard InChI is InChI=1S/C27H32N6O5/c1-2-18-4-5-21(24(34)30-19-8-14-36-15-9-19)22(16-18)31-25(35)23-17-37-27(32-23)33-12-6-20(7-13-33)38-26-28-10-3-11-29-26/h3-5,10-11,16-17,19-20H,2,6-9,12-15H2,1H3,(H,30,34)(H,31,35). The average Bonchev–Trinajstić information content (AvgIpc) is 3.45. The van der Waals surface area contributed by atoms with Crippen LogP contribution in [0, 0.1) is 0 Å². The number of amides is 2. The summed E-state index contributed by atoms with van der Waals surface area (Å²) in [6.45, 7) is 4.60. The molecule has 0 atom stereocenters.